The van der Waals surface area contributed by atoms with Crippen LogP contribution in [-0.2, 0) is 4.43 Å². The summed E-state index contributed by atoms with van der Waals surface area (Å²) in [5.41, 5.74) is 4.46. The van der Waals surface area contributed by atoms with Gasteiger partial charge < -0.3 is 9.53 Å². The van der Waals surface area contributed by atoms with Gasteiger partial charge in [0.15, 0.2) is 8.32 Å². The highest BCUT2D eigenvalue weighted by molar-refractivity contribution is 6.73. The Labute approximate surface area is 183 Å². The molecular formula is C25H38N2O2Si. The fourth-order valence-corrected chi connectivity index (χ4v) is 7.77. The first-order valence-electron chi connectivity index (χ1n) is 11.5. The van der Waals surface area contributed by atoms with Crippen molar-refractivity contribution in [3.05, 3.63) is 59.4 Å². The predicted octanol–water partition coefficient (Wildman–Crippen LogP) is 5.92. The standard InChI is InChI=1S/C25H38N2O2Si/c1-7-30(8-2,9-3)29-25-17-23(27-19(5)15-18(4)26-27)22(16-24(28)20(25)6)21-13-11-10-12-14-21/h10-16,20,23-25,28H,7-9,17H2,1-6H3/t20-,23?,24+,25+/m0/s1. The number of aromatic nitrogens is 2. The zero-order chi connectivity index (χ0) is 21.9. The fraction of sp³-hybridized carbons (Fsp3) is 0.560. The normalized spacial score (nSPS) is 25.1. The topological polar surface area (TPSA) is 47.3 Å². The molecule has 1 aromatic heterocycles. The van der Waals surface area contributed by atoms with E-state index in [1.54, 1.807) is 0 Å². The van der Waals surface area contributed by atoms with Crippen molar-refractivity contribution in [2.24, 2.45) is 5.92 Å². The first kappa shape index (κ1) is 23.0. The van der Waals surface area contributed by atoms with E-state index >= 15 is 0 Å². The summed E-state index contributed by atoms with van der Waals surface area (Å²) in [5, 5.41) is 16.0. The van der Waals surface area contributed by atoms with Gasteiger partial charge in [0.1, 0.15) is 0 Å². The number of rotatable bonds is 7. The van der Waals surface area contributed by atoms with Gasteiger partial charge in [-0.1, -0.05) is 58.0 Å². The Morgan fingerprint density at radius 1 is 1.10 bits per heavy atom. The number of nitrogens with zero attached hydrogens (tertiary/aromatic N) is 2. The number of aliphatic hydroxyl groups excluding tert-OH is 1. The van der Waals surface area contributed by atoms with Crippen molar-refractivity contribution in [1.82, 2.24) is 9.78 Å². The maximum absolute atomic E-state index is 11.1. The smallest absolute Gasteiger partial charge is 0.192 e. The summed E-state index contributed by atoms with van der Waals surface area (Å²) in [6, 6.07) is 15.9. The largest absolute Gasteiger partial charge is 0.413 e. The van der Waals surface area contributed by atoms with Gasteiger partial charge >= 0.3 is 0 Å². The summed E-state index contributed by atoms with van der Waals surface area (Å²) >= 11 is 0. The second-order valence-corrected chi connectivity index (χ2v) is 13.6. The van der Waals surface area contributed by atoms with E-state index in [2.05, 4.69) is 75.7 Å². The number of allylic oxidation sites excluding steroid dienone is 1. The molecule has 0 saturated carbocycles. The molecular weight excluding hydrogens is 388 g/mol. The zero-order valence-corrected chi connectivity index (χ0v) is 20.4. The monoisotopic (exact) mass is 426 g/mol. The molecule has 0 spiro atoms. The lowest BCUT2D eigenvalue weighted by Crippen LogP contribution is -2.44. The average molecular weight is 427 g/mol. The van der Waals surface area contributed by atoms with Crippen molar-refractivity contribution in [2.75, 3.05) is 0 Å². The van der Waals surface area contributed by atoms with Crippen LogP contribution in [0.1, 0.15) is 57.1 Å². The van der Waals surface area contributed by atoms with E-state index in [4.69, 9.17) is 9.52 Å². The molecule has 0 saturated heterocycles. The lowest BCUT2D eigenvalue weighted by molar-refractivity contribution is 0.0479. The van der Waals surface area contributed by atoms with E-state index in [0.29, 0.717) is 0 Å². The molecule has 0 fully saturated rings. The van der Waals surface area contributed by atoms with Crippen molar-refractivity contribution in [3.8, 4) is 0 Å². The average Bonchev–Trinajstić information content (AvgIpc) is 3.04. The van der Waals surface area contributed by atoms with Gasteiger partial charge in [-0.2, -0.15) is 5.10 Å². The van der Waals surface area contributed by atoms with Crippen molar-refractivity contribution in [1.29, 1.82) is 0 Å². The highest BCUT2D eigenvalue weighted by atomic mass is 28.4. The lowest BCUT2D eigenvalue weighted by Gasteiger charge is -2.37. The molecule has 1 N–H and O–H groups in total. The molecule has 0 amide bonds. The minimum Gasteiger partial charge on any atom is -0.413 e. The molecule has 1 aliphatic carbocycles. The molecule has 1 aliphatic rings. The maximum Gasteiger partial charge on any atom is 0.192 e. The van der Waals surface area contributed by atoms with Crippen LogP contribution in [0, 0.1) is 19.8 Å². The SMILES string of the molecule is CC[Si](CC)(CC)O[C@@H]1CC(n2nc(C)cc2C)C(c2ccccc2)=C[C@@H](O)[C@@H]1C. The molecule has 1 heterocycles. The Kier molecular flexibility index (Phi) is 7.37. The van der Waals surface area contributed by atoms with Gasteiger partial charge in [0.05, 0.1) is 23.9 Å². The summed E-state index contributed by atoms with van der Waals surface area (Å²) < 4.78 is 9.12. The minimum absolute atomic E-state index is 0.0119. The van der Waals surface area contributed by atoms with Crippen molar-refractivity contribution < 1.29 is 9.53 Å². The molecule has 2 aromatic rings. The molecule has 4 nitrogen and oxygen atoms in total. The Morgan fingerprint density at radius 2 is 1.73 bits per heavy atom. The number of aliphatic hydroxyl groups is 1. The fourth-order valence-electron chi connectivity index (χ4n) is 4.82. The molecule has 5 heteroatoms. The third-order valence-electron chi connectivity index (χ3n) is 7.07. The molecule has 4 atom stereocenters. The predicted molar refractivity (Wildman–Crippen MR) is 127 cm³/mol. The van der Waals surface area contributed by atoms with Crippen LogP contribution in [0.2, 0.25) is 18.1 Å². The van der Waals surface area contributed by atoms with Crippen LogP contribution in [0.25, 0.3) is 5.57 Å². The first-order chi connectivity index (χ1) is 14.3. The van der Waals surface area contributed by atoms with E-state index < -0.39 is 14.4 Å². The van der Waals surface area contributed by atoms with Crippen LogP contribution in [0.15, 0.2) is 42.5 Å². The van der Waals surface area contributed by atoms with E-state index in [9.17, 15) is 5.11 Å². The maximum atomic E-state index is 11.1. The molecule has 0 aliphatic heterocycles. The van der Waals surface area contributed by atoms with Gasteiger partial charge in [-0.3, -0.25) is 4.68 Å². The summed E-state index contributed by atoms with van der Waals surface area (Å²) in [5.74, 6) is 0.0437. The van der Waals surface area contributed by atoms with E-state index in [0.717, 1.165) is 47.1 Å². The molecule has 30 heavy (non-hydrogen) atoms. The van der Waals surface area contributed by atoms with Crippen molar-refractivity contribution in [3.63, 3.8) is 0 Å². The van der Waals surface area contributed by atoms with Gasteiger partial charge in [-0.25, -0.2) is 0 Å². The van der Waals surface area contributed by atoms with Gasteiger partial charge in [-0.05, 0) is 61.7 Å². The summed E-state index contributed by atoms with van der Waals surface area (Å²) in [4.78, 5) is 0. The van der Waals surface area contributed by atoms with Crippen molar-refractivity contribution >= 4 is 13.9 Å². The van der Waals surface area contributed by atoms with E-state index in [1.807, 2.05) is 13.0 Å². The Bertz CT molecular complexity index is 849. The molecule has 1 unspecified atom stereocenters. The van der Waals surface area contributed by atoms with Crippen LogP contribution in [0.5, 0.6) is 0 Å². The Balaban J connectivity index is 2.07. The highest BCUT2D eigenvalue weighted by Crippen LogP contribution is 2.40. The molecule has 164 valence electrons. The van der Waals surface area contributed by atoms with Gasteiger partial charge in [0, 0.05) is 11.6 Å². The summed E-state index contributed by atoms with van der Waals surface area (Å²) in [6.45, 7) is 13.1. The van der Waals surface area contributed by atoms with Crippen LogP contribution >= 0.6 is 0 Å². The Hall–Kier alpha value is -1.69. The highest BCUT2D eigenvalue weighted by Gasteiger charge is 2.40. The lowest BCUT2D eigenvalue weighted by atomic mass is 9.94. The third-order valence-corrected chi connectivity index (χ3v) is 11.7. The third kappa shape index (κ3) is 4.63. The van der Waals surface area contributed by atoms with Crippen LogP contribution < -0.4 is 0 Å². The molecule has 0 radical (unpaired) electrons. The molecule has 0 bridgehead atoms. The van der Waals surface area contributed by atoms with Crippen LogP contribution in [0.4, 0.5) is 0 Å². The number of hydrogen-bond donors (Lipinski definition) is 1. The van der Waals surface area contributed by atoms with Gasteiger partial charge in [0.25, 0.3) is 0 Å². The summed E-state index contributed by atoms with van der Waals surface area (Å²) in [6.07, 6.45) is 2.36. The number of hydrogen-bond acceptors (Lipinski definition) is 3. The first-order valence-corrected chi connectivity index (χ1v) is 14.0. The van der Waals surface area contributed by atoms with E-state index in [-0.39, 0.29) is 18.1 Å². The van der Waals surface area contributed by atoms with Gasteiger partial charge in [0.2, 0.25) is 0 Å². The minimum atomic E-state index is -1.80. The van der Waals surface area contributed by atoms with Gasteiger partial charge in [-0.15, -0.1) is 0 Å². The molecule has 3 rings (SSSR count). The second-order valence-electron chi connectivity index (χ2n) is 8.86. The number of benzene rings is 1. The Morgan fingerprint density at radius 3 is 2.27 bits per heavy atom. The zero-order valence-electron chi connectivity index (χ0n) is 19.4. The number of aryl methyl sites for hydroxylation is 2. The molecule has 1 aromatic carbocycles. The van der Waals surface area contributed by atoms with E-state index in [1.165, 1.54) is 0 Å². The van der Waals surface area contributed by atoms with Crippen LogP contribution in [-0.4, -0.2) is 35.4 Å². The second kappa shape index (κ2) is 9.63. The van der Waals surface area contributed by atoms with Crippen LogP contribution in [0.3, 0.4) is 0 Å². The quantitative estimate of drug-likeness (QED) is 0.559. The summed E-state index contributed by atoms with van der Waals surface area (Å²) in [7, 11) is -1.80. The van der Waals surface area contributed by atoms with Crippen molar-refractivity contribution in [2.45, 2.75) is 84.3 Å².